The minimum absolute atomic E-state index is 0.159. The molecule has 0 bridgehead atoms. The minimum Gasteiger partial charge on any atom is -0.307 e. The van der Waals surface area contributed by atoms with E-state index in [-0.39, 0.29) is 6.17 Å². The summed E-state index contributed by atoms with van der Waals surface area (Å²) in [5, 5.41) is 1.48. The highest BCUT2D eigenvalue weighted by Gasteiger charge is 2.05. The summed E-state index contributed by atoms with van der Waals surface area (Å²) in [6, 6.07) is 0. The first-order valence-corrected chi connectivity index (χ1v) is 2.85. The van der Waals surface area contributed by atoms with Gasteiger partial charge in [-0.3, -0.25) is 5.01 Å². The summed E-state index contributed by atoms with van der Waals surface area (Å²) in [7, 11) is 0. The molecule has 1 aliphatic rings. The highest BCUT2D eigenvalue weighted by Crippen LogP contribution is 2.04. The summed E-state index contributed by atoms with van der Waals surface area (Å²) in [5.41, 5.74) is 6.63. The second-order valence-corrected chi connectivity index (χ2v) is 2.17. The van der Waals surface area contributed by atoms with Crippen molar-refractivity contribution in [2.75, 3.05) is 0 Å². The number of nitrogens with two attached hydrogens (primary N) is 2. The average Bonchev–Trinajstić information content (AvgIpc) is 1.80. The zero-order valence-corrected chi connectivity index (χ0v) is 5.41. The molecule has 1 heterocycles. The zero-order valence-electron chi connectivity index (χ0n) is 5.41. The molecule has 0 saturated heterocycles. The molecule has 1 unspecified atom stereocenters. The molecule has 0 spiro atoms. The topological polar surface area (TPSA) is 55.3 Å². The maximum atomic E-state index is 5.51. The molecule has 0 aromatic carbocycles. The number of hydrazine groups is 1. The van der Waals surface area contributed by atoms with Crippen molar-refractivity contribution in [2.24, 2.45) is 11.6 Å². The van der Waals surface area contributed by atoms with Gasteiger partial charge >= 0.3 is 0 Å². The van der Waals surface area contributed by atoms with Gasteiger partial charge in [0.25, 0.3) is 0 Å². The van der Waals surface area contributed by atoms with E-state index in [1.54, 1.807) is 0 Å². The van der Waals surface area contributed by atoms with Crippen LogP contribution in [0.5, 0.6) is 0 Å². The number of hydrogen-bond acceptors (Lipinski definition) is 3. The molecular weight excluding hydrogens is 114 g/mol. The van der Waals surface area contributed by atoms with E-state index in [0.29, 0.717) is 0 Å². The normalized spacial score (nSPS) is 26.3. The predicted octanol–water partition coefficient (Wildman–Crippen LogP) is -0.0795. The Balaban J connectivity index is 2.70. The predicted molar refractivity (Wildman–Crippen MR) is 36.9 cm³/mol. The lowest BCUT2D eigenvalue weighted by atomic mass is 10.2. The molecule has 1 atom stereocenters. The van der Waals surface area contributed by atoms with E-state index in [9.17, 15) is 0 Å². The van der Waals surface area contributed by atoms with Crippen molar-refractivity contribution in [1.82, 2.24) is 5.01 Å². The molecule has 0 saturated carbocycles. The van der Waals surface area contributed by atoms with E-state index in [1.165, 1.54) is 5.01 Å². The molecule has 3 heteroatoms. The maximum absolute atomic E-state index is 5.51. The maximum Gasteiger partial charge on any atom is 0.111 e. The van der Waals surface area contributed by atoms with Crippen LogP contribution in [0.1, 0.15) is 6.92 Å². The number of rotatable bonds is 0. The first kappa shape index (κ1) is 6.32. The summed E-state index contributed by atoms with van der Waals surface area (Å²) in [6.45, 7) is 1.97. The number of allylic oxidation sites excluding steroid dienone is 2. The fourth-order valence-electron chi connectivity index (χ4n) is 0.714. The first-order valence-electron chi connectivity index (χ1n) is 2.85. The van der Waals surface area contributed by atoms with Crippen LogP contribution in [0.3, 0.4) is 0 Å². The Labute approximate surface area is 54.6 Å². The molecule has 9 heavy (non-hydrogen) atoms. The van der Waals surface area contributed by atoms with Gasteiger partial charge < -0.3 is 5.73 Å². The largest absolute Gasteiger partial charge is 0.307 e. The van der Waals surface area contributed by atoms with Crippen molar-refractivity contribution in [3.05, 3.63) is 23.9 Å². The molecule has 50 valence electrons. The number of nitrogens with zero attached hydrogens (tertiary/aromatic N) is 1. The van der Waals surface area contributed by atoms with Crippen molar-refractivity contribution >= 4 is 0 Å². The van der Waals surface area contributed by atoms with Gasteiger partial charge in [-0.25, -0.2) is 5.84 Å². The summed E-state index contributed by atoms with van der Waals surface area (Å²) in [6.07, 6.45) is 5.46. The Kier molecular flexibility index (Phi) is 1.55. The third-order valence-electron chi connectivity index (χ3n) is 1.25. The smallest absolute Gasteiger partial charge is 0.111 e. The molecule has 0 fully saturated rings. The molecule has 0 radical (unpaired) electrons. The fourth-order valence-corrected chi connectivity index (χ4v) is 0.714. The van der Waals surface area contributed by atoms with Crippen LogP contribution in [0.15, 0.2) is 23.9 Å². The van der Waals surface area contributed by atoms with E-state index >= 15 is 0 Å². The Hall–Kier alpha value is -0.800. The average molecular weight is 125 g/mol. The van der Waals surface area contributed by atoms with Crippen LogP contribution < -0.4 is 11.6 Å². The van der Waals surface area contributed by atoms with Gasteiger partial charge in [0.2, 0.25) is 0 Å². The standard InChI is InChI=1S/C6H11N3/c1-5-2-3-6(7)9(8)4-5/h2-4,6H,7-8H2,1H3. The van der Waals surface area contributed by atoms with Crippen LogP contribution in [-0.2, 0) is 0 Å². The van der Waals surface area contributed by atoms with Crippen molar-refractivity contribution in [1.29, 1.82) is 0 Å². The molecule has 0 amide bonds. The highest BCUT2D eigenvalue weighted by atomic mass is 15.4. The van der Waals surface area contributed by atoms with E-state index in [1.807, 2.05) is 25.3 Å². The Morgan fingerprint density at radius 2 is 2.33 bits per heavy atom. The molecule has 1 rings (SSSR count). The fraction of sp³-hybridized carbons (Fsp3) is 0.333. The molecule has 3 nitrogen and oxygen atoms in total. The van der Waals surface area contributed by atoms with Gasteiger partial charge in [0.05, 0.1) is 0 Å². The zero-order chi connectivity index (χ0) is 6.85. The third kappa shape index (κ3) is 1.31. The summed E-state index contributed by atoms with van der Waals surface area (Å²) in [5.74, 6) is 5.45. The summed E-state index contributed by atoms with van der Waals surface area (Å²) >= 11 is 0. The second-order valence-electron chi connectivity index (χ2n) is 2.17. The Morgan fingerprint density at radius 3 is 2.78 bits per heavy atom. The van der Waals surface area contributed by atoms with Crippen LogP contribution in [-0.4, -0.2) is 11.2 Å². The first-order chi connectivity index (χ1) is 4.20. The molecule has 0 aromatic heterocycles. The van der Waals surface area contributed by atoms with Gasteiger partial charge in [-0.05, 0) is 18.6 Å². The Bertz CT molecular complexity index is 160. The van der Waals surface area contributed by atoms with Gasteiger partial charge in [0.15, 0.2) is 0 Å². The Morgan fingerprint density at radius 1 is 1.67 bits per heavy atom. The van der Waals surface area contributed by atoms with Gasteiger partial charge in [-0.15, -0.1) is 0 Å². The van der Waals surface area contributed by atoms with Crippen molar-refractivity contribution in [2.45, 2.75) is 13.1 Å². The van der Waals surface area contributed by atoms with E-state index in [0.717, 1.165) is 5.57 Å². The monoisotopic (exact) mass is 125 g/mol. The van der Waals surface area contributed by atoms with Crippen LogP contribution in [0.25, 0.3) is 0 Å². The van der Waals surface area contributed by atoms with Gasteiger partial charge in [0.1, 0.15) is 6.17 Å². The van der Waals surface area contributed by atoms with Crippen LogP contribution in [0.2, 0.25) is 0 Å². The summed E-state index contributed by atoms with van der Waals surface area (Å²) < 4.78 is 0. The molecule has 0 aliphatic carbocycles. The molecule has 1 aliphatic heterocycles. The summed E-state index contributed by atoms with van der Waals surface area (Å²) in [4.78, 5) is 0. The van der Waals surface area contributed by atoms with Crippen LogP contribution >= 0.6 is 0 Å². The van der Waals surface area contributed by atoms with Gasteiger partial charge in [-0.2, -0.15) is 0 Å². The van der Waals surface area contributed by atoms with Gasteiger partial charge in [-0.1, -0.05) is 6.08 Å². The quantitative estimate of drug-likeness (QED) is 0.445. The lowest BCUT2D eigenvalue weighted by Crippen LogP contribution is -2.42. The molecule has 0 aromatic rings. The number of hydrogen-bond donors (Lipinski definition) is 2. The minimum atomic E-state index is -0.159. The molecule has 4 N–H and O–H groups in total. The SMILES string of the molecule is CC1=CN(N)C(N)C=C1. The van der Waals surface area contributed by atoms with E-state index in [2.05, 4.69) is 0 Å². The third-order valence-corrected chi connectivity index (χ3v) is 1.25. The van der Waals surface area contributed by atoms with Gasteiger partial charge in [0, 0.05) is 6.20 Å². The highest BCUT2D eigenvalue weighted by molar-refractivity contribution is 5.20. The second kappa shape index (κ2) is 2.21. The van der Waals surface area contributed by atoms with Crippen LogP contribution in [0, 0.1) is 0 Å². The lowest BCUT2D eigenvalue weighted by molar-refractivity contribution is 0.331. The van der Waals surface area contributed by atoms with E-state index < -0.39 is 0 Å². The van der Waals surface area contributed by atoms with Crippen molar-refractivity contribution in [3.63, 3.8) is 0 Å². The van der Waals surface area contributed by atoms with E-state index in [4.69, 9.17) is 11.6 Å². The lowest BCUT2D eigenvalue weighted by Gasteiger charge is -2.22. The van der Waals surface area contributed by atoms with Crippen LogP contribution in [0.4, 0.5) is 0 Å². The van der Waals surface area contributed by atoms with Crippen molar-refractivity contribution < 1.29 is 0 Å². The molecular formula is C6H11N3. The van der Waals surface area contributed by atoms with Crippen molar-refractivity contribution in [3.8, 4) is 0 Å².